The zero-order valence-electron chi connectivity index (χ0n) is 13.5. The Morgan fingerprint density at radius 2 is 2.00 bits per heavy atom. The van der Waals surface area contributed by atoms with Gasteiger partial charge < -0.3 is 10.5 Å². The maximum atomic E-state index is 6.53. The van der Waals surface area contributed by atoms with Crippen LogP contribution in [0.3, 0.4) is 0 Å². The summed E-state index contributed by atoms with van der Waals surface area (Å²) in [6, 6.07) is 8.62. The number of fused-ring (bicyclic) bond motifs is 3. The molecular formula is C19H23NOS. The highest BCUT2D eigenvalue weighted by molar-refractivity contribution is 7.20. The molecule has 22 heavy (non-hydrogen) atoms. The van der Waals surface area contributed by atoms with E-state index in [1.165, 1.54) is 39.8 Å². The molecule has 1 aromatic carbocycles. The average molecular weight is 313 g/mol. The predicted molar refractivity (Wildman–Crippen MR) is 94.4 cm³/mol. The summed E-state index contributed by atoms with van der Waals surface area (Å²) in [7, 11) is 1.75. The molecule has 1 saturated carbocycles. The first-order valence-corrected chi connectivity index (χ1v) is 8.91. The molecule has 0 saturated heterocycles. The minimum absolute atomic E-state index is 0.213. The first-order chi connectivity index (χ1) is 10.5. The highest BCUT2D eigenvalue weighted by atomic mass is 32.1. The molecule has 0 aliphatic heterocycles. The lowest BCUT2D eigenvalue weighted by atomic mass is 9.80. The molecule has 0 spiro atoms. The monoisotopic (exact) mass is 313 g/mol. The normalized spacial score (nSPS) is 24.5. The fourth-order valence-corrected chi connectivity index (χ4v) is 5.71. The maximum Gasteiger partial charge on any atom is 0.127 e. The molecule has 1 fully saturated rings. The van der Waals surface area contributed by atoms with Gasteiger partial charge in [0.1, 0.15) is 5.75 Å². The Balaban J connectivity index is 1.92. The van der Waals surface area contributed by atoms with Crippen LogP contribution in [-0.2, 0) is 0 Å². The molecule has 2 aliphatic carbocycles. The van der Waals surface area contributed by atoms with Crippen molar-refractivity contribution in [3.05, 3.63) is 34.7 Å². The molecule has 3 heteroatoms. The van der Waals surface area contributed by atoms with Crippen LogP contribution in [0.5, 0.6) is 5.75 Å². The first kappa shape index (κ1) is 14.3. The molecule has 2 aromatic rings. The number of nitrogens with two attached hydrogens (primary N) is 1. The standard InChI is InChI=1S/C19H23NOS/c1-19(2,20)18-12-8-7-11(9-12)17(18)16-10-13-14(21-3)5-4-6-15(13)22-16/h4-6,10-12H,7-9,20H2,1-3H3. The van der Waals surface area contributed by atoms with Crippen LogP contribution in [0.15, 0.2) is 29.8 Å². The van der Waals surface area contributed by atoms with E-state index in [4.69, 9.17) is 10.5 Å². The fourth-order valence-electron chi connectivity index (χ4n) is 4.50. The highest BCUT2D eigenvalue weighted by Crippen LogP contribution is 2.56. The quantitative estimate of drug-likeness (QED) is 0.880. The maximum absolute atomic E-state index is 6.53. The van der Waals surface area contributed by atoms with Crippen LogP contribution in [0.2, 0.25) is 0 Å². The van der Waals surface area contributed by atoms with Crippen molar-refractivity contribution in [1.82, 2.24) is 0 Å². The predicted octanol–water partition coefficient (Wildman–Crippen LogP) is 4.83. The van der Waals surface area contributed by atoms with Gasteiger partial charge in [0.25, 0.3) is 0 Å². The van der Waals surface area contributed by atoms with Crippen LogP contribution in [-0.4, -0.2) is 12.6 Å². The second kappa shape index (κ2) is 4.84. The molecule has 2 nitrogen and oxygen atoms in total. The van der Waals surface area contributed by atoms with Crippen molar-refractivity contribution in [2.24, 2.45) is 17.6 Å². The van der Waals surface area contributed by atoms with Gasteiger partial charge in [-0.1, -0.05) is 6.07 Å². The number of rotatable bonds is 3. The Morgan fingerprint density at radius 3 is 2.73 bits per heavy atom. The van der Waals surface area contributed by atoms with Gasteiger partial charge in [-0.05, 0) is 74.3 Å². The molecule has 2 N–H and O–H groups in total. The smallest absolute Gasteiger partial charge is 0.127 e. The van der Waals surface area contributed by atoms with Crippen molar-refractivity contribution >= 4 is 27.0 Å². The lowest BCUT2D eigenvalue weighted by Gasteiger charge is -2.30. The Morgan fingerprint density at radius 1 is 1.23 bits per heavy atom. The Hall–Kier alpha value is -1.32. The van der Waals surface area contributed by atoms with Gasteiger partial charge in [-0.15, -0.1) is 11.3 Å². The Kier molecular flexibility index (Phi) is 3.14. The zero-order chi connectivity index (χ0) is 15.5. The van der Waals surface area contributed by atoms with Gasteiger partial charge in [0.05, 0.1) is 7.11 Å². The largest absolute Gasteiger partial charge is 0.496 e. The van der Waals surface area contributed by atoms with E-state index in [9.17, 15) is 0 Å². The first-order valence-electron chi connectivity index (χ1n) is 8.09. The van der Waals surface area contributed by atoms with Gasteiger partial charge in [-0.25, -0.2) is 0 Å². The third-order valence-corrected chi connectivity index (χ3v) is 6.37. The number of thiophene rings is 1. The number of hydrogen-bond acceptors (Lipinski definition) is 3. The average Bonchev–Trinajstić information content (AvgIpc) is 3.17. The number of allylic oxidation sites excluding steroid dienone is 1. The second-order valence-corrected chi connectivity index (χ2v) is 8.32. The highest BCUT2D eigenvalue weighted by Gasteiger charge is 2.44. The minimum Gasteiger partial charge on any atom is -0.496 e. The van der Waals surface area contributed by atoms with Gasteiger partial charge in [0.15, 0.2) is 0 Å². The molecule has 4 rings (SSSR count). The summed E-state index contributed by atoms with van der Waals surface area (Å²) in [6.45, 7) is 4.33. The van der Waals surface area contributed by atoms with Gasteiger partial charge in [-0.2, -0.15) is 0 Å². The van der Waals surface area contributed by atoms with Crippen molar-refractivity contribution in [1.29, 1.82) is 0 Å². The van der Waals surface area contributed by atoms with Crippen LogP contribution in [0.4, 0.5) is 0 Å². The third-order valence-electron chi connectivity index (χ3n) is 5.24. The summed E-state index contributed by atoms with van der Waals surface area (Å²) >= 11 is 1.89. The van der Waals surface area contributed by atoms with E-state index in [0.717, 1.165) is 5.75 Å². The van der Waals surface area contributed by atoms with Gasteiger partial charge in [0.2, 0.25) is 0 Å². The minimum atomic E-state index is -0.213. The molecule has 2 unspecified atom stereocenters. The lowest BCUT2D eigenvalue weighted by Crippen LogP contribution is -2.37. The molecular weight excluding hydrogens is 290 g/mol. The van der Waals surface area contributed by atoms with Crippen LogP contribution >= 0.6 is 11.3 Å². The van der Waals surface area contributed by atoms with E-state index in [2.05, 4.69) is 32.0 Å². The van der Waals surface area contributed by atoms with Crippen LogP contribution in [0.25, 0.3) is 15.7 Å². The summed E-state index contributed by atoms with van der Waals surface area (Å²) in [5, 5.41) is 1.23. The summed E-state index contributed by atoms with van der Waals surface area (Å²) in [5.41, 5.74) is 9.37. The number of benzene rings is 1. The molecule has 1 aromatic heterocycles. The van der Waals surface area contributed by atoms with Gasteiger partial charge >= 0.3 is 0 Å². The molecule has 1 heterocycles. The van der Waals surface area contributed by atoms with Crippen molar-refractivity contribution in [2.45, 2.75) is 38.6 Å². The Labute approximate surface area is 136 Å². The number of methoxy groups -OCH3 is 1. The third kappa shape index (κ3) is 2.03. The van der Waals surface area contributed by atoms with Crippen LogP contribution in [0, 0.1) is 11.8 Å². The molecule has 2 bridgehead atoms. The fraction of sp³-hybridized carbons (Fsp3) is 0.474. The number of hydrogen-bond donors (Lipinski definition) is 1. The van der Waals surface area contributed by atoms with E-state index in [-0.39, 0.29) is 5.54 Å². The topological polar surface area (TPSA) is 35.2 Å². The summed E-state index contributed by atoms with van der Waals surface area (Å²) in [5.74, 6) is 2.38. The molecule has 0 amide bonds. The van der Waals surface area contributed by atoms with E-state index in [1.54, 1.807) is 12.7 Å². The van der Waals surface area contributed by atoms with E-state index < -0.39 is 0 Å². The van der Waals surface area contributed by atoms with Crippen molar-refractivity contribution in [3.63, 3.8) is 0 Å². The van der Waals surface area contributed by atoms with Gasteiger partial charge in [-0.3, -0.25) is 0 Å². The molecule has 2 atom stereocenters. The SMILES string of the molecule is COc1cccc2sc(C3=C(C(C)(C)N)C4CCC3C4)cc12. The summed E-state index contributed by atoms with van der Waals surface area (Å²) in [4.78, 5) is 1.40. The van der Waals surface area contributed by atoms with Crippen LogP contribution < -0.4 is 10.5 Å². The lowest BCUT2D eigenvalue weighted by molar-refractivity contribution is 0.420. The van der Waals surface area contributed by atoms with E-state index in [1.807, 2.05) is 17.4 Å². The molecule has 116 valence electrons. The van der Waals surface area contributed by atoms with Crippen molar-refractivity contribution in [2.75, 3.05) is 7.11 Å². The summed E-state index contributed by atoms with van der Waals surface area (Å²) < 4.78 is 6.83. The van der Waals surface area contributed by atoms with Gasteiger partial charge in [0, 0.05) is 20.5 Å². The van der Waals surface area contributed by atoms with E-state index in [0.29, 0.717) is 11.8 Å². The molecule has 2 aliphatic rings. The number of ether oxygens (including phenoxy) is 1. The van der Waals surface area contributed by atoms with Crippen molar-refractivity contribution in [3.8, 4) is 5.75 Å². The van der Waals surface area contributed by atoms with Crippen molar-refractivity contribution < 1.29 is 4.74 Å². The Bertz CT molecular complexity index is 765. The molecule has 0 radical (unpaired) electrons. The van der Waals surface area contributed by atoms with Crippen LogP contribution in [0.1, 0.15) is 38.0 Å². The van der Waals surface area contributed by atoms with E-state index >= 15 is 0 Å². The summed E-state index contributed by atoms with van der Waals surface area (Å²) in [6.07, 6.45) is 3.94. The second-order valence-electron chi connectivity index (χ2n) is 7.24. The zero-order valence-corrected chi connectivity index (χ0v) is 14.3.